The number of aliphatic hydroxyl groups excluding tert-OH is 1. The maximum atomic E-state index is 14.4. The second-order valence-electron chi connectivity index (χ2n) is 6.94. The topological polar surface area (TPSA) is 78.0 Å². The minimum Gasteiger partial charge on any atom is -0.394 e. The monoisotopic (exact) mass is 389 g/mol. The highest BCUT2D eigenvalue weighted by atomic mass is 19.1. The molecule has 1 amide bonds. The molecule has 29 heavy (non-hydrogen) atoms. The van der Waals surface area contributed by atoms with Crippen LogP contribution in [0.15, 0.2) is 66.9 Å². The van der Waals surface area contributed by atoms with Gasteiger partial charge in [-0.25, -0.2) is 4.39 Å². The second kappa shape index (κ2) is 7.85. The zero-order chi connectivity index (χ0) is 20.4. The van der Waals surface area contributed by atoms with Crippen molar-refractivity contribution in [2.75, 3.05) is 6.61 Å². The fourth-order valence-corrected chi connectivity index (χ4v) is 3.36. The van der Waals surface area contributed by atoms with Crippen LogP contribution >= 0.6 is 0 Å². The molecule has 1 unspecified atom stereocenters. The van der Waals surface area contributed by atoms with Gasteiger partial charge in [-0.2, -0.15) is 5.10 Å². The van der Waals surface area contributed by atoms with Crippen molar-refractivity contribution in [2.24, 2.45) is 0 Å². The van der Waals surface area contributed by atoms with Crippen LogP contribution in [0.1, 0.15) is 27.5 Å². The first-order chi connectivity index (χ1) is 14.1. The van der Waals surface area contributed by atoms with E-state index in [0.29, 0.717) is 11.1 Å². The Bertz CT molecular complexity index is 1190. The highest BCUT2D eigenvalue weighted by molar-refractivity contribution is 5.96. The van der Waals surface area contributed by atoms with Crippen LogP contribution in [0.25, 0.3) is 22.0 Å². The van der Waals surface area contributed by atoms with Crippen molar-refractivity contribution < 1.29 is 14.3 Å². The maximum absolute atomic E-state index is 14.4. The van der Waals surface area contributed by atoms with Gasteiger partial charge in [0.2, 0.25) is 0 Å². The third-order valence-electron chi connectivity index (χ3n) is 4.98. The van der Waals surface area contributed by atoms with E-state index in [4.69, 9.17) is 0 Å². The Morgan fingerprint density at radius 1 is 1.14 bits per heavy atom. The van der Waals surface area contributed by atoms with Gasteiger partial charge in [-0.3, -0.25) is 9.89 Å². The maximum Gasteiger partial charge on any atom is 0.251 e. The summed E-state index contributed by atoms with van der Waals surface area (Å²) >= 11 is 0. The average molecular weight is 389 g/mol. The number of nitrogens with one attached hydrogen (secondary N) is 2. The van der Waals surface area contributed by atoms with Crippen LogP contribution in [0, 0.1) is 12.7 Å². The molecule has 1 aromatic heterocycles. The van der Waals surface area contributed by atoms with Crippen LogP contribution < -0.4 is 5.32 Å². The molecule has 0 bridgehead atoms. The van der Waals surface area contributed by atoms with E-state index >= 15 is 0 Å². The summed E-state index contributed by atoms with van der Waals surface area (Å²) in [5, 5.41) is 20.4. The zero-order valence-corrected chi connectivity index (χ0v) is 15.8. The molecule has 4 rings (SSSR count). The number of rotatable bonds is 5. The smallest absolute Gasteiger partial charge is 0.251 e. The molecule has 0 aliphatic rings. The van der Waals surface area contributed by atoms with Gasteiger partial charge < -0.3 is 10.4 Å². The summed E-state index contributed by atoms with van der Waals surface area (Å²) in [6.45, 7) is 1.25. The van der Waals surface area contributed by atoms with Crippen molar-refractivity contribution in [2.45, 2.75) is 13.0 Å². The van der Waals surface area contributed by atoms with Crippen LogP contribution in [0.2, 0.25) is 0 Å². The van der Waals surface area contributed by atoms with E-state index < -0.39 is 18.5 Å². The molecule has 1 heterocycles. The number of aromatic amines is 1. The minimum atomic E-state index is -0.826. The molecule has 0 fully saturated rings. The van der Waals surface area contributed by atoms with E-state index in [1.807, 2.05) is 24.3 Å². The van der Waals surface area contributed by atoms with Crippen molar-refractivity contribution in [3.63, 3.8) is 0 Å². The van der Waals surface area contributed by atoms with Gasteiger partial charge >= 0.3 is 0 Å². The quantitative estimate of drug-likeness (QED) is 0.480. The van der Waals surface area contributed by atoms with E-state index in [2.05, 4.69) is 15.5 Å². The normalized spacial score (nSPS) is 12.1. The van der Waals surface area contributed by atoms with Gasteiger partial charge in [0.1, 0.15) is 5.82 Å². The summed E-state index contributed by atoms with van der Waals surface area (Å²) in [6.07, 6.45) is 1.75. The Morgan fingerprint density at radius 3 is 2.76 bits per heavy atom. The van der Waals surface area contributed by atoms with Crippen LogP contribution in [0.3, 0.4) is 0 Å². The Morgan fingerprint density at radius 2 is 1.93 bits per heavy atom. The predicted octanol–water partition coefficient (Wildman–Crippen LogP) is 4.14. The molecule has 5 nitrogen and oxygen atoms in total. The molecule has 0 aliphatic carbocycles. The van der Waals surface area contributed by atoms with Crippen molar-refractivity contribution in [3.05, 3.63) is 89.4 Å². The molecule has 3 N–H and O–H groups in total. The van der Waals surface area contributed by atoms with Gasteiger partial charge in [0, 0.05) is 16.5 Å². The number of hydrogen-bond acceptors (Lipinski definition) is 3. The minimum absolute atomic E-state index is 0.266. The molecule has 3 aromatic carbocycles. The number of aryl methyl sites for hydroxylation is 1. The van der Waals surface area contributed by atoms with Gasteiger partial charge in [-0.05, 0) is 47.9 Å². The number of amides is 1. The van der Waals surface area contributed by atoms with Gasteiger partial charge in [-0.15, -0.1) is 0 Å². The number of aliphatic hydroxyl groups is 1. The van der Waals surface area contributed by atoms with Gasteiger partial charge in [0.15, 0.2) is 0 Å². The molecular formula is C23H20FN3O2. The summed E-state index contributed by atoms with van der Waals surface area (Å²) in [4.78, 5) is 12.8. The van der Waals surface area contributed by atoms with Gasteiger partial charge in [0.25, 0.3) is 5.91 Å². The van der Waals surface area contributed by atoms with Crippen LogP contribution in [0.4, 0.5) is 4.39 Å². The fraction of sp³-hybridized carbons (Fsp3) is 0.130. The number of carbonyl (C=O) groups is 1. The number of hydrogen-bond donors (Lipinski definition) is 3. The number of benzene rings is 3. The molecular weight excluding hydrogens is 369 g/mol. The number of fused-ring (bicyclic) bond motifs is 1. The molecule has 0 saturated heterocycles. The molecule has 0 saturated carbocycles. The highest BCUT2D eigenvalue weighted by Gasteiger charge is 2.19. The van der Waals surface area contributed by atoms with Gasteiger partial charge in [-0.1, -0.05) is 36.4 Å². The Kier molecular flexibility index (Phi) is 5.10. The average Bonchev–Trinajstić information content (AvgIpc) is 3.22. The van der Waals surface area contributed by atoms with Crippen molar-refractivity contribution in [3.8, 4) is 11.1 Å². The summed E-state index contributed by atoms with van der Waals surface area (Å²) in [5.74, 6) is -0.801. The van der Waals surface area contributed by atoms with E-state index in [9.17, 15) is 14.3 Å². The largest absolute Gasteiger partial charge is 0.394 e. The number of aromatic nitrogens is 2. The van der Waals surface area contributed by atoms with Crippen molar-refractivity contribution >= 4 is 16.8 Å². The Balaban J connectivity index is 1.60. The van der Waals surface area contributed by atoms with Crippen molar-refractivity contribution in [1.29, 1.82) is 0 Å². The molecule has 1 atom stereocenters. The molecule has 0 aliphatic heterocycles. The van der Waals surface area contributed by atoms with Crippen LogP contribution in [-0.4, -0.2) is 27.8 Å². The lowest BCUT2D eigenvalue weighted by molar-refractivity contribution is 0.0915. The summed E-state index contributed by atoms with van der Waals surface area (Å²) in [6, 6.07) is 17.2. The van der Waals surface area contributed by atoms with Crippen LogP contribution in [-0.2, 0) is 0 Å². The lowest BCUT2D eigenvalue weighted by Gasteiger charge is -2.18. The summed E-state index contributed by atoms with van der Waals surface area (Å²) < 4.78 is 14.4. The number of H-pyrrole nitrogens is 1. The van der Waals surface area contributed by atoms with E-state index in [1.165, 1.54) is 0 Å². The standard InChI is InChI=1S/C23H20FN3O2/c1-14-4-2-7-19(22(14)24)21(13-28)26-23(29)17-6-3-5-15(10-17)16-8-9-20-18(11-16)12-25-27-20/h2-12,21,28H,13H2,1H3,(H,25,27)(H,26,29). The summed E-state index contributed by atoms with van der Waals surface area (Å²) in [7, 11) is 0. The molecule has 0 spiro atoms. The lowest BCUT2D eigenvalue weighted by atomic mass is 10.0. The molecule has 0 radical (unpaired) electrons. The number of nitrogens with zero attached hydrogens (tertiary/aromatic N) is 1. The van der Waals surface area contributed by atoms with E-state index in [-0.39, 0.29) is 11.5 Å². The Hall–Kier alpha value is -3.51. The predicted molar refractivity (Wildman–Crippen MR) is 110 cm³/mol. The first-order valence-electron chi connectivity index (χ1n) is 9.27. The fourth-order valence-electron chi connectivity index (χ4n) is 3.36. The zero-order valence-electron chi connectivity index (χ0n) is 15.8. The second-order valence-corrected chi connectivity index (χ2v) is 6.94. The van der Waals surface area contributed by atoms with Gasteiger partial charge in [0.05, 0.1) is 24.4 Å². The van der Waals surface area contributed by atoms with E-state index in [1.54, 1.807) is 49.5 Å². The number of halogens is 1. The molecule has 4 aromatic rings. The molecule has 6 heteroatoms. The van der Waals surface area contributed by atoms with Crippen molar-refractivity contribution in [1.82, 2.24) is 15.5 Å². The van der Waals surface area contributed by atoms with E-state index in [0.717, 1.165) is 22.0 Å². The Labute approximate surface area is 167 Å². The SMILES string of the molecule is Cc1cccc(C(CO)NC(=O)c2cccc(-c3ccc4[nH]ncc4c3)c2)c1F. The summed E-state index contributed by atoms with van der Waals surface area (Å²) in [5.41, 5.74) is 3.93. The highest BCUT2D eigenvalue weighted by Crippen LogP contribution is 2.25. The third-order valence-corrected chi connectivity index (χ3v) is 4.98. The first kappa shape index (κ1) is 18.8. The number of carbonyl (C=O) groups excluding carboxylic acids is 1. The lowest BCUT2D eigenvalue weighted by Crippen LogP contribution is -2.31. The third kappa shape index (κ3) is 3.75. The first-order valence-corrected chi connectivity index (χ1v) is 9.27. The van der Waals surface area contributed by atoms with Crippen LogP contribution in [0.5, 0.6) is 0 Å². The molecule has 146 valence electrons.